The second-order valence-corrected chi connectivity index (χ2v) is 17.4. The maximum atomic E-state index is 6.77. The lowest BCUT2D eigenvalue weighted by Gasteiger charge is -2.44. The van der Waals surface area contributed by atoms with Gasteiger partial charge in [-0.05, 0) is 109 Å². The van der Waals surface area contributed by atoms with Crippen molar-refractivity contribution in [2.45, 2.75) is 44.2 Å². The molecule has 3 aliphatic carbocycles. The highest BCUT2D eigenvalue weighted by Crippen LogP contribution is 2.55. The van der Waals surface area contributed by atoms with Gasteiger partial charge in [0.25, 0.3) is 0 Å². The third-order valence-electron chi connectivity index (χ3n) is 13.8. The van der Waals surface area contributed by atoms with Crippen molar-refractivity contribution in [3.8, 4) is 22.3 Å². The summed E-state index contributed by atoms with van der Waals surface area (Å²) in [4.78, 5) is 2.75. The smallest absolute Gasteiger partial charge is 0.143 e. The Kier molecular flexibility index (Phi) is 8.19. The van der Waals surface area contributed by atoms with Crippen LogP contribution in [0.5, 0.6) is 0 Å². The molecule has 0 saturated heterocycles. The van der Waals surface area contributed by atoms with Crippen molar-refractivity contribution in [1.29, 1.82) is 0 Å². The molecule has 0 fully saturated rings. The molecule has 0 amide bonds. The van der Waals surface area contributed by atoms with Crippen LogP contribution in [0.3, 0.4) is 0 Å². The monoisotopic (exact) mass is 783 g/mol. The van der Waals surface area contributed by atoms with Crippen LogP contribution in [-0.4, -0.2) is 12.1 Å². The Morgan fingerprint density at radius 3 is 1.87 bits per heavy atom. The molecule has 3 aliphatic rings. The normalized spacial score (nSPS) is 17.7. The zero-order chi connectivity index (χ0) is 40.7. The quantitative estimate of drug-likeness (QED) is 0.167. The van der Waals surface area contributed by atoms with Gasteiger partial charge in [-0.25, -0.2) is 0 Å². The van der Waals surface area contributed by atoms with Crippen LogP contribution in [0.15, 0.2) is 205 Å². The Balaban J connectivity index is 1.06. The predicted octanol–water partition coefficient (Wildman–Crippen LogP) is 15.5. The average molecular weight is 784 g/mol. The van der Waals surface area contributed by atoms with Gasteiger partial charge in [0.1, 0.15) is 11.2 Å². The van der Waals surface area contributed by atoms with E-state index < -0.39 is 0 Å². The summed E-state index contributed by atoms with van der Waals surface area (Å²) in [5.41, 5.74) is 16.2. The van der Waals surface area contributed by atoms with Gasteiger partial charge in [-0.3, -0.25) is 0 Å². The first kappa shape index (κ1) is 35.8. The highest BCUT2D eigenvalue weighted by molar-refractivity contribution is 6.18. The van der Waals surface area contributed by atoms with Crippen molar-refractivity contribution < 1.29 is 4.42 Å². The topological polar surface area (TPSA) is 16.4 Å². The summed E-state index contributed by atoms with van der Waals surface area (Å²) >= 11 is 0. The minimum absolute atomic E-state index is 0.0461. The molecule has 12 rings (SSSR count). The van der Waals surface area contributed by atoms with Gasteiger partial charge in [0.15, 0.2) is 0 Å². The first-order chi connectivity index (χ1) is 30.0. The number of hydrogen-bond acceptors (Lipinski definition) is 2. The van der Waals surface area contributed by atoms with Crippen LogP contribution in [-0.2, 0) is 5.41 Å². The van der Waals surface area contributed by atoms with Gasteiger partial charge in [0.2, 0.25) is 0 Å². The molecule has 0 saturated carbocycles. The van der Waals surface area contributed by atoms with Crippen LogP contribution in [0.2, 0.25) is 0 Å². The van der Waals surface area contributed by atoms with E-state index in [4.69, 9.17) is 4.42 Å². The highest BCUT2D eigenvalue weighted by Gasteiger charge is 2.40. The van der Waals surface area contributed by atoms with Crippen molar-refractivity contribution >= 4 is 60.3 Å². The lowest BCUT2D eigenvalue weighted by molar-refractivity contribution is 0.635. The average Bonchev–Trinajstić information content (AvgIpc) is 3.82. The summed E-state index contributed by atoms with van der Waals surface area (Å²) in [5.74, 6) is 0. The van der Waals surface area contributed by atoms with Crippen molar-refractivity contribution in [3.63, 3.8) is 0 Å². The van der Waals surface area contributed by atoms with E-state index in [-0.39, 0.29) is 17.5 Å². The summed E-state index contributed by atoms with van der Waals surface area (Å²) < 4.78 is 6.77. The number of nitrogens with zero attached hydrogens (tertiary/aromatic N) is 1. The fourth-order valence-corrected chi connectivity index (χ4v) is 10.9. The van der Waals surface area contributed by atoms with E-state index in [0.717, 1.165) is 34.8 Å². The van der Waals surface area contributed by atoms with Crippen molar-refractivity contribution in [2.75, 3.05) is 4.90 Å². The van der Waals surface area contributed by atoms with Gasteiger partial charge < -0.3 is 9.32 Å². The maximum absolute atomic E-state index is 6.77. The predicted molar refractivity (Wildman–Crippen MR) is 258 cm³/mol. The first-order valence-corrected chi connectivity index (χ1v) is 21.7. The highest BCUT2D eigenvalue weighted by atomic mass is 16.3. The van der Waals surface area contributed by atoms with Gasteiger partial charge in [0.05, 0.1) is 12.1 Å². The molecule has 292 valence electrons. The number of allylic oxidation sites excluding steroid dienone is 4. The van der Waals surface area contributed by atoms with E-state index in [2.05, 4.69) is 219 Å². The van der Waals surface area contributed by atoms with Crippen LogP contribution in [0.1, 0.15) is 48.9 Å². The Morgan fingerprint density at radius 2 is 1.10 bits per heavy atom. The molecule has 0 aliphatic heterocycles. The standard InChI is InChI=1S/C59H45NO/c1-59(2)50-26-14-24-48(57(50)56-43-20-8-6-18-40(43)33-37-51(56)59)46-23-11-13-28-53(46)60(42-34-30-39(31-35-42)38-16-4-3-5-17-38)52-27-12-10-22-45(52)47-25-15-29-54-55(47)49-36-32-41-19-7-9-21-44(41)58(49)61-54/h3-26,29-37,52-53H,27-28H2,1-2H3. The third-order valence-corrected chi connectivity index (χ3v) is 13.8. The van der Waals surface area contributed by atoms with Crippen LogP contribution in [0.25, 0.3) is 76.9 Å². The van der Waals surface area contributed by atoms with Crippen LogP contribution in [0, 0.1) is 0 Å². The molecule has 2 nitrogen and oxygen atoms in total. The van der Waals surface area contributed by atoms with Gasteiger partial charge in [0, 0.05) is 27.3 Å². The second-order valence-electron chi connectivity index (χ2n) is 17.4. The summed E-state index contributed by atoms with van der Waals surface area (Å²) in [6.07, 6.45) is 15.8. The summed E-state index contributed by atoms with van der Waals surface area (Å²) in [6.45, 7) is 4.80. The molecule has 2 unspecified atom stereocenters. The van der Waals surface area contributed by atoms with Crippen LogP contribution < -0.4 is 4.90 Å². The van der Waals surface area contributed by atoms with E-state index >= 15 is 0 Å². The maximum Gasteiger partial charge on any atom is 0.143 e. The summed E-state index contributed by atoms with van der Waals surface area (Å²) in [7, 11) is 0. The minimum atomic E-state index is -0.125. The second kappa shape index (κ2) is 14.0. The molecular formula is C59H45NO. The van der Waals surface area contributed by atoms with E-state index in [1.165, 1.54) is 82.9 Å². The van der Waals surface area contributed by atoms with E-state index in [0.29, 0.717) is 0 Å². The molecule has 1 aromatic heterocycles. The summed E-state index contributed by atoms with van der Waals surface area (Å²) in [6, 6.07) is 60.5. The Bertz CT molecular complexity index is 3340. The van der Waals surface area contributed by atoms with Crippen molar-refractivity contribution in [3.05, 3.63) is 223 Å². The van der Waals surface area contributed by atoms with Gasteiger partial charge in [-0.15, -0.1) is 0 Å². The van der Waals surface area contributed by atoms with E-state index in [9.17, 15) is 0 Å². The lowest BCUT2D eigenvalue weighted by Crippen LogP contribution is -2.45. The van der Waals surface area contributed by atoms with Crippen molar-refractivity contribution in [2.24, 2.45) is 0 Å². The zero-order valence-electron chi connectivity index (χ0n) is 34.5. The fraction of sp³-hybridized carbons (Fsp3) is 0.119. The van der Waals surface area contributed by atoms with Crippen LogP contribution >= 0.6 is 0 Å². The SMILES string of the molecule is CC1(C)c2cccc(C3=CC=CCC3N(c3ccc(-c4ccccc4)cc3)C3CC=CC=C3c3cccc4oc5c6ccccc6ccc5c34)c2-c2c1ccc1ccccc21. The molecule has 2 heteroatoms. The fourth-order valence-electron chi connectivity index (χ4n) is 10.9. The minimum Gasteiger partial charge on any atom is -0.455 e. The Morgan fingerprint density at radius 1 is 0.492 bits per heavy atom. The molecular weight excluding hydrogens is 739 g/mol. The van der Waals surface area contributed by atoms with Crippen molar-refractivity contribution in [1.82, 2.24) is 0 Å². The third kappa shape index (κ3) is 5.55. The Hall–Kier alpha value is -7.16. The largest absolute Gasteiger partial charge is 0.455 e. The zero-order valence-corrected chi connectivity index (χ0v) is 34.5. The number of hydrogen-bond donors (Lipinski definition) is 0. The van der Waals surface area contributed by atoms with E-state index in [1.54, 1.807) is 0 Å². The molecule has 0 N–H and O–H groups in total. The first-order valence-electron chi connectivity index (χ1n) is 21.7. The molecule has 9 aromatic rings. The van der Waals surface area contributed by atoms with Crippen LogP contribution in [0.4, 0.5) is 5.69 Å². The van der Waals surface area contributed by atoms with Gasteiger partial charge >= 0.3 is 0 Å². The molecule has 2 atom stereocenters. The molecule has 0 radical (unpaired) electrons. The molecule has 1 heterocycles. The molecule has 8 aromatic carbocycles. The lowest BCUT2D eigenvalue weighted by atomic mass is 9.80. The molecule has 0 bridgehead atoms. The van der Waals surface area contributed by atoms with Gasteiger partial charge in [-0.2, -0.15) is 0 Å². The van der Waals surface area contributed by atoms with E-state index in [1.807, 2.05) is 0 Å². The number of fused-ring (bicyclic) bond motifs is 10. The molecule has 61 heavy (non-hydrogen) atoms. The number of rotatable bonds is 6. The Labute approximate surface area is 357 Å². The van der Waals surface area contributed by atoms with Gasteiger partial charge in [-0.1, -0.05) is 190 Å². The number of anilines is 1. The summed E-state index contributed by atoms with van der Waals surface area (Å²) in [5, 5.41) is 7.29. The number of benzene rings is 8. The molecule has 0 spiro atoms. The number of furan rings is 1.